The van der Waals surface area contributed by atoms with Crippen LogP contribution < -0.4 is 0 Å². The van der Waals surface area contributed by atoms with Crippen LogP contribution >= 0.6 is 0 Å². The van der Waals surface area contributed by atoms with Crippen molar-refractivity contribution in [2.45, 2.75) is 25.0 Å². The standard InChI is InChI=1S/C5H11OSi/c7-5-3-1-2-4-6-5/h5H,1-4,7H2. The molecule has 1 fully saturated rings. The predicted octanol–water partition coefficient (Wildman–Crippen LogP) is 0.146. The molecule has 1 atom stereocenters. The molecule has 1 heterocycles. The van der Waals surface area contributed by atoms with Gasteiger partial charge in [-0.2, -0.15) is 0 Å². The molecule has 41 valence electrons. The predicted molar refractivity (Wildman–Crippen MR) is 32.1 cm³/mol. The minimum Gasteiger partial charge on any atom is -0.383 e. The van der Waals surface area contributed by atoms with E-state index in [1.54, 1.807) is 0 Å². The summed E-state index contributed by atoms with van der Waals surface area (Å²) in [6, 6.07) is 0. The average molecular weight is 115 g/mol. The van der Waals surface area contributed by atoms with Crippen molar-refractivity contribution in [1.29, 1.82) is 0 Å². The van der Waals surface area contributed by atoms with E-state index in [0.717, 1.165) is 6.61 Å². The second-order valence-electron chi connectivity index (χ2n) is 1.99. The van der Waals surface area contributed by atoms with E-state index in [9.17, 15) is 0 Å². The third kappa shape index (κ3) is 1.61. The van der Waals surface area contributed by atoms with Gasteiger partial charge in [-0.15, -0.1) is 0 Å². The Morgan fingerprint density at radius 1 is 1.43 bits per heavy atom. The fourth-order valence-electron chi connectivity index (χ4n) is 0.807. The Morgan fingerprint density at radius 2 is 2.29 bits per heavy atom. The number of ether oxygens (including phenoxy) is 1. The molecule has 1 unspecified atom stereocenters. The van der Waals surface area contributed by atoms with Crippen LogP contribution in [0.3, 0.4) is 0 Å². The fourth-order valence-corrected chi connectivity index (χ4v) is 1.26. The molecule has 7 heavy (non-hydrogen) atoms. The maximum Gasteiger partial charge on any atom is 0.0467 e. The van der Waals surface area contributed by atoms with Gasteiger partial charge in [0.05, 0.1) is 0 Å². The van der Waals surface area contributed by atoms with E-state index < -0.39 is 0 Å². The summed E-state index contributed by atoms with van der Waals surface area (Å²) in [4.78, 5) is 0. The first-order valence-electron chi connectivity index (χ1n) is 2.84. The summed E-state index contributed by atoms with van der Waals surface area (Å²) in [6.45, 7) is 0.994. The van der Waals surface area contributed by atoms with Crippen molar-refractivity contribution in [2.75, 3.05) is 6.61 Å². The van der Waals surface area contributed by atoms with E-state index in [-0.39, 0.29) is 0 Å². The first-order chi connectivity index (χ1) is 3.39. The summed E-state index contributed by atoms with van der Waals surface area (Å²) < 4.78 is 5.29. The topological polar surface area (TPSA) is 9.23 Å². The SMILES string of the molecule is [SiH2]C1CCCCO1. The molecule has 1 radical (unpaired) electrons. The highest BCUT2D eigenvalue weighted by Crippen LogP contribution is 2.08. The molecule has 1 aliphatic heterocycles. The Morgan fingerprint density at radius 3 is 2.57 bits per heavy atom. The third-order valence-electron chi connectivity index (χ3n) is 1.27. The summed E-state index contributed by atoms with van der Waals surface area (Å²) >= 11 is 0. The molecule has 0 aromatic heterocycles. The van der Waals surface area contributed by atoms with Crippen LogP contribution in [0.2, 0.25) is 0 Å². The van der Waals surface area contributed by atoms with Crippen molar-refractivity contribution < 1.29 is 4.74 Å². The van der Waals surface area contributed by atoms with Crippen molar-refractivity contribution in [2.24, 2.45) is 0 Å². The van der Waals surface area contributed by atoms with Crippen LogP contribution in [0.15, 0.2) is 0 Å². The molecule has 0 aliphatic carbocycles. The van der Waals surface area contributed by atoms with Gasteiger partial charge in [0.2, 0.25) is 0 Å². The number of hydrogen-bond donors (Lipinski definition) is 0. The molecule has 0 aromatic rings. The van der Waals surface area contributed by atoms with Crippen molar-refractivity contribution >= 4 is 10.2 Å². The minimum absolute atomic E-state index is 0.564. The van der Waals surface area contributed by atoms with Gasteiger partial charge in [0.1, 0.15) is 0 Å². The van der Waals surface area contributed by atoms with E-state index in [2.05, 4.69) is 0 Å². The summed E-state index contributed by atoms with van der Waals surface area (Å²) in [7, 11) is 1.96. The Kier molecular flexibility index (Phi) is 1.88. The summed E-state index contributed by atoms with van der Waals surface area (Å²) in [6.07, 6.45) is 3.92. The molecule has 1 rings (SSSR count). The lowest BCUT2D eigenvalue weighted by Gasteiger charge is -2.17. The lowest BCUT2D eigenvalue weighted by Crippen LogP contribution is -2.18. The Balaban J connectivity index is 2.12. The zero-order valence-corrected chi connectivity index (χ0v) is 5.94. The van der Waals surface area contributed by atoms with Gasteiger partial charge in [-0.25, -0.2) is 0 Å². The first kappa shape index (κ1) is 5.32. The van der Waals surface area contributed by atoms with E-state index in [1.807, 2.05) is 10.2 Å². The first-order valence-corrected chi connectivity index (χ1v) is 3.66. The van der Waals surface area contributed by atoms with Gasteiger partial charge in [-0.05, 0) is 19.3 Å². The van der Waals surface area contributed by atoms with Crippen molar-refractivity contribution in [1.82, 2.24) is 0 Å². The van der Waals surface area contributed by atoms with Crippen LogP contribution in [0.5, 0.6) is 0 Å². The van der Waals surface area contributed by atoms with Crippen molar-refractivity contribution in [3.05, 3.63) is 0 Å². The van der Waals surface area contributed by atoms with Gasteiger partial charge >= 0.3 is 0 Å². The number of rotatable bonds is 0. The van der Waals surface area contributed by atoms with Crippen LogP contribution in [-0.4, -0.2) is 22.6 Å². The molecule has 0 amide bonds. The maximum absolute atomic E-state index is 5.29. The molecule has 0 spiro atoms. The fraction of sp³-hybridized carbons (Fsp3) is 1.00. The molecule has 0 saturated carbocycles. The van der Waals surface area contributed by atoms with E-state index in [1.165, 1.54) is 19.3 Å². The van der Waals surface area contributed by atoms with E-state index in [4.69, 9.17) is 4.74 Å². The Labute approximate surface area is 47.5 Å². The molecule has 1 aliphatic rings. The van der Waals surface area contributed by atoms with Crippen LogP contribution in [-0.2, 0) is 4.74 Å². The highest BCUT2D eigenvalue weighted by Gasteiger charge is 2.05. The summed E-state index contributed by atoms with van der Waals surface area (Å²) in [5, 5.41) is 0. The van der Waals surface area contributed by atoms with E-state index >= 15 is 0 Å². The highest BCUT2D eigenvalue weighted by atomic mass is 28.1. The molecule has 0 N–H and O–H groups in total. The molecule has 0 aromatic carbocycles. The summed E-state index contributed by atoms with van der Waals surface area (Å²) in [5.41, 5.74) is 0.564. The second-order valence-corrected chi connectivity index (χ2v) is 2.90. The highest BCUT2D eigenvalue weighted by molar-refractivity contribution is 6.10. The smallest absolute Gasteiger partial charge is 0.0467 e. The van der Waals surface area contributed by atoms with Gasteiger partial charge in [-0.3, -0.25) is 0 Å². The molecular formula is C5H11OSi. The zero-order chi connectivity index (χ0) is 5.11. The van der Waals surface area contributed by atoms with Gasteiger partial charge in [0, 0.05) is 22.6 Å². The molecule has 1 saturated heterocycles. The van der Waals surface area contributed by atoms with Gasteiger partial charge in [0.25, 0.3) is 0 Å². The second kappa shape index (κ2) is 2.48. The molecular weight excluding hydrogens is 104 g/mol. The average Bonchev–Trinajstić information content (AvgIpc) is 1.69. The lowest BCUT2D eigenvalue weighted by molar-refractivity contribution is 0.0675. The van der Waals surface area contributed by atoms with Crippen molar-refractivity contribution in [3.63, 3.8) is 0 Å². The Hall–Kier alpha value is 0.177. The number of hydrogen-bond acceptors (Lipinski definition) is 1. The Bertz CT molecular complexity index is 50.0. The van der Waals surface area contributed by atoms with E-state index in [0.29, 0.717) is 5.73 Å². The maximum atomic E-state index is 5.29. The van der Waals surface area contributed by atoms with Crippen LogP contribution in [0.1, 0.15) is 19.3 Å². The lowest BCUT2D eigenvalue weighted by atomic mass is 10.2. The summed E-state index contributed by atoms with van der Waals surface area (Å²) in [5.74, 6) is 0. The largest absolute Gasteiger partial charge is 0.383 e. The third-order valence-corrected chi connectivity index (χ3v) is 1.92. The van der Waals surface area contributed by atoms with Crippen LogP contribution in [0.4, 0.5) is 0 Å². The molecule has 0 bridgehead atoms. The van der Waals surface area contributed by atoms with Crippen LogP contribution in [0.25, 0.3) is 0 Å². The quantitative estimate of drug-likeness (QED) is 0.408. The van der Waals surface area contributed by atoms with Gasteiger partial charge < -0.3 is 4.74 Å². The normalized spacial score (nSPS) is 33.0. The molecule has 2 heteroatoms. The zero-order valence-electron chi connectivity index (χ0n) is 4.52. The monoisotopic (exact) mass is 115 g/mol. The van der Waals surface area contributed by atoms with Crippen molar-refractivity contribution in [3.8, 4) is 0 Å². The molecule has 1 nitrogen and oxygen atoms in total. The minimum atomic E-state index is 0.564. The van der Waals surface area contributed by atoms with Gasteiger partial charge in [-0.1, -0.05) is 0 Å². The van der Waals surface area contributed by atoms with Crippen LogP contribution in [0, 0.1) is 0 Å². The van der Waals surface area contributed by atoms with Gasteiger partial charge in [0.15, 0.2) is 0 Å².